The maximum atomic E-state index is 12.2. The average Bonchev–Trinajstić information content (AvgIpc) is 2.73. The van der Waals surface area contributed by atoms with Crippen molar-refractivity contribution in [1.82, 2.24) is 14.7 Å². The second-order valence-electron chi connectivity index (χ2n) is 5.72. The number of ether oxygens (including phenoxy) is 1. The molecule has 0 unspecified atom stereocenters. The molecule has 6 heteroatoms. The summed E-state index contributed by atoms with van der Waals surface area (Å²) in [5.74, 6) is 1.37. The maximum Gasteiger partial charge on any atom is 0.244 e. The van der Waals surface area contributed by atoms with Crippen LogP contribution in [0.3, 0.4) is 0 Å². The van der Waals surface area contributed by atoms with Crippen molar-refractivity contribution in [3.8, 4) is 5.75 Å². The summed E-state index contributed by atoms with van der Waals surface area (Å²) in [5, 5.41) is 4.20. The fraction of sp³-hybridized carbons (Fsp3) is 0.375. The Morgan fingerprint density at radius 1 is 1.32 bits per heavy atom. The zero-order valence-electron chi connectivity index (χ0n) is 12.8. The minimum Gasteiger partial charge on any atom is -0.487 e. The molecule has 0 bridgehead atoms. The SMILES string of the molecule is Cc1ccc(OC2CN(C(=O)Cn3nc(C)cc3N)C2)cc1. The lowest BCUT2D eigenvalue weighted by Gasteiger charge is -2.39. The Bertz CT molecular complexity index is 672. The van der Waals surface area contributed by atoms with Crippen LogP contribution in [-0.2, 0) is 11.3 Å². The smallest absolute Gasteiger partial charge is 0.244 e. The van der Waals surface area contributed by atoms with Gasteiger partial charge in [-0.05, 0) is 26.0 Å². The fourth-order valence-corrected chi connectivity index (χ4v) is 2.45. The molecule has 3 rings (SSSR count). The molecular formula is C16H20N4O2. The molecule has 1 amide bonds. The normalized spacial score (nSPS) is 14.7. The molecule has 2 aromatic rings. The summed E-state index contributed by atoms with van der Waals surface area (Å²) in [6, 6.07) is 9.69. The highest BCUT2D eigenvalue weighted by Crippen LogP contribution is 2.19. The van der Waals surface area contributed by atoms with Crippen molar-refractivity contribution in [1.29, 1.82) is 0 Å². The first kappa shape index (κ1) is 14.4. The molecule has 1 aliphatic rings. The lowest BCUT2D eigenvalue weighted by atomic mass is 10.1. The number of nitrogens with zero attached hydrogens (tertiary/aromatic N) is 3. The minimum atomic E-state index is 0.0126. The van der Waals surface area contributed by atoms with Crippen LogP contribution < -0.4 is 10.5 Å². The molecule has 2 heterocycles. The van der Waals surface area contributed by atoms with Crippen molar-refractivity contribution in [2.75, 3.05) is 18.8 Å². The number of nitrogens with two attached hydrogens (primary N) is 1. The molecule has 0 radical (unpaired) electrons. The highest BCUT2D eigenvalue weighted by atomic mass is 16.5. The first-order valence-electron chi connectivity index (χ1n) is 7.32. The summed E-state index contributed by atoms with van der Waals surface area (Å²) in [6.07, 6.45) is 0.0587. The summed E-state index contributed by atoms with van der Waals surface area (Å²) in [4.78, 5) is 13.9. The van der Waals surface area contributed by atoms with Gasteiger partial charge in [0.15, 0.2) is 0 Å². The lowest BCUT2D eigenvalue weighted by Crippen LogP contribution is -2.57. The van der Waals surface area contributed by atoms with Gasteiger partial charge in [-0.1, -0.05) is 17.7 Å². The van der Waals surface area contributed by atoms with Crippen molar-refractivity contribution in [3.05, 3.63) is 41.6 Å². The van der Waals surface area contributed by atoms with E-state index in [9.17, 15) is 4.79 Å². The number of aromatic nitrogens is 2. The Balaban J connectivity index is 1.49. The van der Waals surface area contributed by atoms with Crippen LogP contribution in [0.15, 0.2) is 30.3 Å². The van der Waals surface area contributed by atoms with Gasteiger partial charge in [-0.2, -0.15) is 5.10 Å². The predicted molar refractivity (Wildman–Crippen MR) is 83.6 cm³/mol. The Morgan fingerprint density at radius 2 is 2.00 bits per heavy atom. The van der Waals surface area contributed by atoms with Crippen LogP contribution in [0.4, 0.5) is 5.82 Å². The number of benzene rings is 1. The second kappa shape index (κ2) is 5.71. The average molecular weight is 300 g/mol. The Hall–Kier alpha value is -2.50. The van der Waals surface area contributed by atoms with E-state index < -0.39 is 0 Å². The van der Waals surface area contributed by atoms with E-state index >= 15 is 0 Å². The van der Waals surface area contributed by atoms with Crippen molar-refractivity contribution < 1.29 is 9.53 Å². The maximum absolute atomic E-state index is 12.2. The van der Waals surface area contributed by atoms with Crippen LogP contribution >= 0.6 is 0 Å². The van der Waals surface area contributed by atoms with E-state index in [-0.39, 0.29) is 18.6 Å². The van der Waals surface area contributed by atoms with Gasteiger partial charge >= 0.3 is 0 Å². The molecule has 1 saturated heterocycles. The van der Waals surface area contributed by atoms with Crippen LogP contribution in [-0.4, -0.2) is 39.8 Å². The van der Waals surface area contributed by atoms with Crippen LogP contribution in [0.1, 0.15) is 11.3 Å². The standard InChI is InChI=1S/C16H20N4O2/c1-11-3-5-13(6-4-11)22-14-8-19(9-14)16(21)10-20-15(17)7-12(2)18-20/h3-7,14H,8-10,17H2,1-2H3. The van der Waals surface area contributed by atoms with E-state index in [1.165, 1.54) is 10.2 Å². The summed E-state index contributed by atoms with van der Waals surface area (Å²) >= 11 is 0. The zero-order valence-corrected chi connectivity index (χ0v) is 12.8. The van der Waals surface area contributed by atoms with Crippen LogP contribution in [0.25, 0.3) is 0 Å². The number of likely N-dealkylation sites (tertiary alicyclic amines) is 1. The minimum absolute atomic E-state index is 0.0126. The van der Waals surface area contributed by atoms with Gasteiger partial charge in [0.25, 0.3) is 0 Å². The number of hydrogen-bond donors (Lipinski definition) is 1. The van der Waals surface area contributed by atoms with Gasteiger partial charge in [0.1, 0.15) is 24.2 Å². The van der Waals surface area contributed by atoms with Gasteiger partial charge in [0.2, 0.25) is 5.91 Å². The van der Waals surface area contributed by atoms with Crippen molar-refractivity contribution in [2.24, 2.45) is 0 Å². The van der Waals surface area contributed by atoms with Gasteiger partial charge < -0.3 is 15.4 Å². The highest BCUT2D eigenvalue weighted by Gasteiger charge is 2.32. The van der Waals surface area contributed by atoms with Gasteiger partial charge in [-0.3, -0.25) is 4.79 Å². The lowest BCUT2D eigenvalue weighted by molar-refractivity contribution is -0.140. The molecule has 0 atom stereocenters. The van der Waals surface area contributed by atoms with Crippen molar-refractivity contribution in [3.63, 3.8) is 0 Å². The fourth-order valence-electron chi connectivity index (χ4n) is 2.45. The number of aryl methyl sites for hydroxylation is 2. The van der Waals surface area contributed by atoms with Crippen molar-refractivity contribution in [2.45, 2.75) is 26.5 Å². The second-order valence-corrected chi connectivity index (χ2v) is 5.72. The van der Waals surface area contributed by atoms with E-state index in [1.54, 1.807) is 11.0 Å². The van der Waals surface area contributed by atoms with E-state index in [4.69, 9.17) is 10.5 Å². The molecule has 1 fully saturated rings. The molecule has 22 heavy (non-hydrogen) atoms. The Morgan fingerprint density at radius 3 is 2.59 bits per heavy atom. The topological polar surface area (TPSA) is 73.4 Å². The molecule has 1 aromatic heterocycles. The molecule has 1 aliphatic heterocycles. The largest absolute Gasteiger partial charge is 0.487 e. The monoisotopic (exact) mass is 300 g/mol. The first-order valence-corrected chi connectivity index (χ1v) is 7.32. The first-order chi connectivity index (χ1) is 10.5. The third-order valence-corrected chi connectivity index (χ3v) is 3.74. The molecule has 0 spiro atoms. The number of hydrogen-bond acceptors (Lipinski definition) is 4. The van der Waals surface area contributed by atoms with E-state index in [2.05, 4.69) is 5.10 Å². The number of nitrogen functional groups attached to an aromatic ring is 1. The van der Waals surface area contributed by atoms with E-state index in [0.717, 1.165) is 11.4 Å². The Labute approximate surface area is 129 Å². The number of carbonyl (C=O) groups is 1. The van der Waals surface area contributed by atoms with Crippen LogP contribution in [0.2, 0.25) is 0 Å². The van der Waals surface area contributed by atoms with E-state index in [0.29, 0.717) is 18.9 Å². The third-order valence-electron chi connectivity index (χ3n) is 3.74. The summed E-state index contributed by atoms with van der Waals surface area (Å²) in [6.45, 7) is 5.28. The van der Waals surface area contributed by atoms with Gasteiger partial charge in [0, 0.05) is 6.07 Å². The van der Waals surface area contributed by atoms with Gasteiger partial charge in [-0.25, -0.2) is 4.68 Å². The number of rotatable bonds is 4. The highest BCUT2D eigenvalue weighted by molar-refractivity contribution is 5.77. The molecule has 1 aromatic carbocycles. The summed E-state index contributed by atoms with van der Waals surface area (Å²) < 4.78 is 7.36. The molecule has 0 saturated carbocycles. The van der Waals surface area contributed by atoms with Gasteiger partial charge in [-0.15, -0.1) is 0 Å². The van der Waals surface area contributed by atoms with Gasteiger partial charge in [0.05, 0.1) is 18.8 Å². The number of carbonyl (C=O) groups excluding carboxylic acids is 1. The molecule has 0 aliphatic carbocycles. The van der Waals surface area contributed by atoms with E-state index in [1.807, 2.05) is 38.1 Å². The summed E-state index contributed by atoms with van der Waals surface area (Å²) in [7, 11) is 0. The van der Waals surface area contributed by atoms with Crippen molar-refractivity contribution >= 4 is 11.7 Å². The molecule has 6 nitrogen and oxygen atoms in total. The Kier molecular flexibility index (Phi) is 3.75. The number of anilines is 1. The summed E-state index contributed by atoms with van der Waals surface area (Å²) in [5.41, 5.74) is 7.81. The molecule has 116 valence electrons. The van der Waals surface area contributed by atoms with Crippen LogP contribution in [0, 0.1) is 13.8 Å². The predicted octanol–water partition coefficient (Wildman–Crippen LogP) is 1.37. The quantitative estimate of drug-likeness (QED) is 0.925. The number of amides is 1. The molecule has 2 N–H and O–H groups in total. The van der Waals surface area contributed by atoms with Crippen LogP contribution in [0.5, 0.6) is 5.75 Å². The zero-order chi connectivity index (χ0) is 15.7. The third kappa shape index (κ3) is 3.05. The molecular weight excluding hydrogens is 280 g/mol.